The summed E-state index contributed by atoms with van der Waals surface area (Å²) in [4.78, 5) is 4.02. The number of amidine groups is 1. The number of aromatic nitrogens is 1. The van der Waals surface area contributed by atoms with Crippen molar-refractivity contribution in [3.05, 3.63) is 53.9 Å². The monoisotopic (exact) mass is 293 g/mol. The van der Waals surface area contributed by atoms with E-state index in [1.54, 1.807) is 37.7 Å². The van der Waals surface area contributed by atoms with E-state index in [1.165, 1.54) is 0 Å². The number of methoxy groups -OCH3 is 1. The van der Waals surface area contributed by atoms with Crippen LogP contribution in [0.25, 0.3) is 0 Å². The quantitative estimate of drug-likeness (QED) is 0.655. The van der Waals surface area contributed by atoms with E-state index >= 15 is 0 Å². The van der Waals surface area contributed by atoms with Gasteiger partial charge in [0.25, 0.3) is 0 Å². The molecule has 5 nitrogen and oxygen atoms in total. The van der Waals surface area contributed by atoms with Crippen molar-refractivity contribution in [2.75, 3.05) is 7.11 Å². The molecule has 3 N–H and O–H groups in total. The predicted molar refractivity (Wildman–Crippen MR) is 79.8 cm³/mol. The van der Waals surface area contributed by atoms with Crippen LogP contribution in [0.3, 0.4) is 0 Å². The highest BCUT2D eigenvalue weighted by molar-refractivity contribution is 5.98. The van der Waals surface area contributed by atoms with Crippen molar-refractivity contribution in [3.8, 4) is 11.5 Å². The maximum atomic E-state index is 7.56. The van der Waals surface area contributed by atoms with Gasteiger partial charge in [-0.25, -0.2) is 0 Å². The number of para-hydroxylation sites is 1. The normalized spacial score (nSPS) is 9.45. The molecular weight excluding hydrogens is 278 g/mol. The van der Waals surface area contributed by atoms with Crippen LogP contribution in [0.1, 0.15) is 11.1 Å². The van der Waals surface area contributed by atoms with Crippen LogP contribution < -0.4 is 15.2 Å². The van der Waals surface area contributed by atoms with Gasteiger partial charge in [0.05, 0.1) is 12.7 Å². The number of nitrogen functional groups attached to an aromatic ring is 1. The minimum absolute atomic E-state index is 0. The Morgan fingerprint density at radius 1 is 1.30 bits per heavy atom. The van der Waals surface area contributed by atoms with Crippen molar-refractivity contribution in [2.24, 2.45) is 5.73 Å². The molecule has 6 heteroatoms. The summed E-state index contributed by atoms with van der Waals surface area (Å²) in [7, 11) is 1.55. The van der Waals surface area contributed by atoms with Gasteiger partial charge in [0.15, 0.2) is 11.5 Å². The van der Waals surface area contributed by atoms with Gasteiger partial charge in [-0.15, -0.1) is 12.4 Å². The third-order valence-electron chi connectivity index (χ3n) is 2.59. The van der Waals surface area contributed by atoms with Gasteiger partial charge in [0.1, 0.15) is 12.4 Å². The molecule has 0 spiro atoms. The third-order valence-corrected chi connectivity index (χ3v) is 2.59. The predicted octanol–water partition coefficient (Wildman–Crippen LogP) is 2.38. The minimum Gasteiger partial charge on any atom is -0.493 e. The van der Waals surface area contributed by atoms with E-state index in [-0.39, 0.29) is 18.2 Å². The van der Waals surface area contributed by atoms with Crippen LogP contribution in [-0.2, 0) is 6.61 Å². The second-order valence-corrected chi connectivity index (χ2v) is 3.90. The van der Waals surface area contributed by atoms with Crippen LogP contribution in [0.4, 0.5) is 0 Å². The fourth-order valence-corrected chi connectivity index (χ4v) is 1.68. The highest BCUT2D eigenvalue weighted by Crippen LogP contribution is 2.31. The van der Waals surface area contributed by atoms with Crippen LogP contribution in [0.5, 0.6) is 11.5 Å². The molecule has 0 bridgehead atoms. The summed E-state index contributed by atoms with van der Waals surface area (Å²) in [6, 6.07) is 9.02. The lowest BCUT2D eigenvalue weighted by Crippen LogP contribution is -2.13. The highest BCUT2D eigenvalue weighted by atomic mass is 35.5. The van der Waals surface area contributed by atoms with Crippen LogP contribution in [-0.4, -0.2) is 17.9 Å². The van der Waals surface area contributed by atoms with E-state index in [2.05, 4.69) is 4.98 Å². The summed E-state index contributed by atoms with van der Waals surface area (Å²) >= 11 is 0. The number of hydrogen-bond donors (Lipinski definition) is 2. The largest absolute Gasteiger partial charge is 0.493 e. The molecule has 1 aromatic carbocycles. The average Bonchev–Trinajstić information content (AvgIpc) is 2.45. The molecule has 0 radical (unpaired) electrons. The van der Waals surface area contributed by atoms with Gasteiger partial charge in [-0.3, -0.25) is 10.4 Å². The molecule has 0 aliphatic rings. The Balaban J connectivity index is 0.00000200. The lowest BCUT2D eigenvalue weighted by Gasteiger charge is -2.14. The SMILES string of the molecule is COc1cccc(C(=N)N)c1OCc1cccnc1.Cl. The average molecular weight is 294 g/mol. The molecule has 0 aliphatic carbocycles. The molecule has 0 unspecified atom stereocenters. The number of ether oxygens (including phenoxy) is 2. The van der Waals surface area contributed by atoms with Crippen LogP contribution in [0, 0.1) is 5.41 Å². The minimum atomic E-state index is -0.0555. The van der Waals surface area contributed by atoms with E-state index in [0.29, 0.717) is 23.7 Å². The highest BCUT2D eigenvalue weighted by Gasteiger charge is 2.12. The lowest BCUT2D eigenvalue weighted by molar-refractivity contribution is 0.283. The Hall–Kier alpha value is -2.27. The van der Waals surface area contributed by atoms with Crippen LogP contribution in [0.15, 0.2) is 42.7 Å². The van der Waals surface area contributed by atoms with Crippen molar-refractivity contribution in [1.82, 2.24) is 4.98 Å². The Bertz CT molecular complexity index is 576. The first-order valence-electron chi connectivity index (χ1n) is 5.75. The van der Waals surface area contributed by atoms with Crippen molar-refractivity contribution < 1.29 is 9.47 Å². The fourth-order valence-electron chi connectivity index (χ4n) is 1.68. The van der Waals surface area contributed by atoms with E-state index < -0.39 is 0 Å². The van der Waals surface area contributed by atoms with Gasteiger partial charge in [0.2, 0.25) is 0 Å². The molecule has 0 aliphatic heterocycles. The molecule has 1 aromatic heterocycles. The van der Waals surface area contributed by atoms with Gasteiger partial charge in [-0.05, 0) is 18.2 Å². The number of halogens is 1. The fraction of sp³-hybridized carbons (Fsp3) is 0.143. The lowest BCUT2D eigenvalue weighted by atomic mass is 10.1. The summed E-state index contributed by atoms with van der Waals surface area (Å²) in [6.45, 7) is 0.342. The smallest absolute Gasteiger partial charge is 0.172 e. The Morgan fingerprint density at radius 2 is 2.10 bits per heavy atom. The molecule has 106 valence electrons. The summed E-state index contributed by atoms with van der Waals surface area (Å²) in [6.07, 6.45) is 3.43. The Morgan fingerprint density at radius 3 is 2.70 bits per heavy atom. The topological polar surface area (TPSA) is 81.2 Å². The molecule has 0 saturated carbocycles. The summed E-state index contributed by atoms with van der Waals surface area (Å²) < 4.78 is 11.0. The first-order chi connectivity index (χ1) is 9.22. The van der Waals surface area contributed by atoms with Gasteiger partial charge < -0.3 is 15.2 Å². The number of rotatable bonds is 5. The zero-order valence-corrected chi connectivity index (χ0v) is 11.8. The van der Waals surface area contributed by atoms with Crippen molar-refractivity contribution in [2.45, 2.75) is 6.61 Å². The third kappa shape index (κ3) is 3.61. The second kappa shape index (κ2) is 7.35. The maximum absolute atomic E-state index is 7.56. The van der Waals surface area contributed by atoms with Gasteiger partial charge >= 0.3 is 0 Å². The zero-order chi connectivity index (χ0) is 13.7. The molecule has 20 heavy (non-hydrogen) atoms. The van der Waals surface area contributed by atoms with E-state index in [4.69, 9.17) is 20.6 Å². The van der Waals surface area contributed by atoms with Crippen LogP contribution >= 0.6 is 12.4 Å². The first-order valence-corrected chi connectivity index (χ1v) is 5.75. The van der Waals surface area contributed by atoms with Crippen molar-refractivity contribution in [1.29, 1.82) is 5.41 Å². The van der Waals surface area contributed by atoms with Crippen LogP contribution in [0.2, 0.25) is 0 Å². The van der Waals surface area contributed by atoms with Crippen molar-refractivity contribution >= 4 is 18.2 Å². The van der Waals surface area contributed by atoms with E-state index in [1.807, 2.05) is 12.1 Å². The molecule has 1 heterocycles. The van der Waals surface area contributed by atoms with Gasteiger partial charge in [0, 0.05) is 18.0 Å². The molecule has 0 amide bonds. The second-order valence-electron chi connectivity index (χ2n) is 3.90. The number of nitrogens with zero attached hydrogens (tertiary/aromatic N) is 1. The summed E-state index contributed by atoms with van der Waals surface area (Å²) in [5.74, 6) is 0.970. The van der Waals surface area contributed by atoms with E-state index in [0.717, 1.165) is 5.56 Å². The Labute approximate surface area is 123 Å². The molecule has 2 aromatic rings. The number of benzene rings is 1. The van der Waals surface area contributed by atoms with Crippen molar-refractivity contribution in [3.63, 3.8) is 0 Å². The maximum Gasteiger partial charge on any atom is 0.172 e. The Kier molecular flexibility index (Phi) is 5.80. The molecule has 0 fully saturated rings. The van der Waals surface area contributed by atoms with E-state index in [9.17, 15) is 0 Å². The molecular formula is C14H16ClN3O2. The summed E-state index contributed by atoms with van der Waals surface area (Å²) in [5, 5.41) is 7.56. The summed E-state index contributed by atoms with van der Waals surface area (Å²) in [5.41, 5.74) is 6.99. The number of pyridine rings is 1. The first kappa shape index (κ1) is 15.8. The number of nitrogens with two attached hydrogens (primary N) is 1. The van der Waals surface area contributed by atoms with Gasteiger partial charge in [-0.1, -0.05) is 12.1 Å². The molecule has 0 atom stereocenters. The number of nitrogens with one attached hydrogen (secondary N) is 1. The molecule has 2 rings (SSSR count). The standard InChI is InChI=1S/C14H15N3O2.ClH/c1-18-12-6-2-5-11(14(15)16)13(12)19-9-10-4-3-7-17-8-10;/h2-8H,9H2,1H3,(H3,15,16);1H. The number of hydrogen-bond acceptors (Lipinski definition) is 4. The van der Waals surface area contributed by atoms with Gasteiger partial charge in [-0.2, -0.15) is 0 Å². The zero-order valence-electron chi connectivity index (χ0n) is 11.0. The molecule has 0 saturated heterocycles.